The predicted molar refractivity (Wildman–Crippen MR) is 84.6 cm³/mol. The van der Waals surface area contributed by atoms with E-state index in [4.69, 9.17) is 15.2 Å². The lowest BCUT2D eigenvalue weighted by Gasteiger charge is -2.10. The minimum atomic E-state index is -0.577. The average Bonchev–Trinajstić information content (AvgIpc) is 3.18. The molecule has 0 atom stereocenters. The van der Waals surface area contributed by atoms with E-state index in [0.29, 0.717) is 24.6 Å². The van der Waals surface area contributed by atoms with Gasteiger partial charge in [0, 0.05) is 36.5 Å². The number of amides is 1. The molecule has 3 aromatic rings. The molecule has 2 aromatic heterocycles. The van der Waals surface area contributed by atoms with E-state index in [1.165, 1.54) is 0 Å². The fourth-order valence-corrected chi connectivity index (χ4v) is 2.48. The van der Waals surface area contributed by atoms with Gasteiger partial charge in [-0.25, -0.2) is 0 Å². The van der Waals surface area contributed by atoms with E-state index in [0.717, 1.165) is 10.9 Å². The second-order valence-electron chi connectivity index (χ2n) is 5.02. The number of hydrogen-bond acceptors (Lipinski definition) is 4. The summed E-state index contributed by atoms with van der Waals surface area (Å²) in [4.78, 5) is 11.0. The lowest BCUT2D eigenvalue weighted by Crippen LogP contribution is -2.13. The third-order valence-electron chi connectivity index (χ3n) is 3.66. The fourth-order valence-electron chi connectivity index (χ4n) is 2.48. The Kier molecular flexibility index (Phi) is 3.92. The molecule has 0 aliphatic rings. The topological polar surface area (TPSA) is 84.3 Å². The van der Waals surface area contributed by atoms with Crippen LogP contribution in [0.4, 0.5) is 0 Å². The molecule has 0 unspecified atom stereocenters. The predicted octanol–water partition coefficient (Wildman–Crippen LogP) is 1.45. The third-order valence-corrected chi connectivity index (χ3v) is 3.66. The first kappa shape index (κ1) is 15.0. The van der Waals surface area contributed by atoms with Gasteiger partial charge in [0.25, 0.3) is 5.91 Å². The standard InChI is InChI=1S/C16H17N4O3/c1-22-14-9-11-3-5-19(13(11)10-15(14)23-2)7-8-20-6-4-12(18-20)16(17)21/h3,5-6,9-10H,7-8H2,1-2H3,(H2,17,21). The van der Waals surface area contributed by atoms with Crippen molar-refractivity contribution in [1.82, 2.24) is 14.3 Å². The molecule has 0 aliphatic carbocycles. The summed E-state index contributed by atoms with van der Waals surface area (Å²) in [7, 11) is 3.23. The summed E-state index contributed by atoms with van der Waals surface area (Å²) in [6.45, 7) is 1.29. The van der Waals surface area contributed by atoms with Crippen LogP contribution in [0.1, 0.15) is 10.5 Å². The van der Waals surface area contributed by atoms with Gasteiger partial charge in [-0.1, -0.05) is 0 Å². The molecule has 1 radical (unpaired) electrons. The number of nitrogens with two attached hydrogens (primary N) is 1. The van der Waals surface area contributed by atoms with Crippen molar-refractivity contribution in [3.05, 3.63) is 42.4 Å². The number of carbonyl (C=O) groups is 1. The van der Waals surface area contributed by atoms with Crippen molar-refractivity contribution in [3.63, 3.8) is 0 Å². The molecule has 0 saturated carbocycles. The van der Waals surface area contributed by atoms with E-state index in [-0.39, 0.29) is 5.69 Å². The zero-order valence-corrected chi connectivity index (χ0v) is 12.9. The van der Waals surface area contributed by atoms with Crippen molar-refractivity contribution in [2.24, 2.45) is 5.73 Å². The normalized spacial score (nSPS) is 10.9. The van der Waals surface area contributed by atoms with Crippen LogP contribution in [0.3, 0.4) is 0 Å². The van der Waals surface area contributed by atoms with Gasteiger partial charge in [-0.05, 0) is 12.1 Å². The van der Waals surface area contributed by atoms with Crippen molar-refractivity contribution in [2.75, 3.05) is 14.2 Å². The summed E-state index contributed by atoms with van der Waals surface area (Å²) < 4.78 is 14.4. The largest absolute Gasteiger partial charge is 0.493 e. The first-order valence-electron chi connectivity index (χ1n) is 7.08. The Morgan fingerprint density at radius 1 is 1.26 bits per heavy atom. The van der Waals surface area contributed by atoms with E-state index in [1.807, 2.05) is 24.4 Å². The molecule has 0 aliphatic heterocycles. The highest BCUT2D eigenvalue weighted by Crippen LogP contribution is 2.32. The van der Waals surface area contributed by atoms with Crippen LogP contribution in [0.15, 0.2) is 30.6 Å². The maximum Gasteiger partial charge on any atom is 0.269 e. The van der Waals surface area contributed by atoms with Gasteiger partial charge in [-0.15, -0.1) is 0 Å². The number of aryl methyl sites for hydroxylation is 2. The number of primary amides is 1. The Balaban J connectivity index is 1.83. The van der Waals surface area contributed by atoms with Crippen LogP contribution in [-0.2, 0) is 13.1 Å². The minimum absolute atomic E-state index is 0.147. The van der Waals surface area contributed by atoms with Crippen LogP contribution in [0.25, 0.3) is 10.9 Å². The Morgan fingerprint density at radius 2 is 2.00 bits per heavy atom. The second kappa shape index (κ2) is 6.04. The summed E-state index contributed by atoms with van der Waals surface area (Å²) >= 11 is 0. The van der Waals surface area contributed by atoms with E-state index in [1.54, 1.807) is 25.1 Å². The monoisotopic (exact) mass is 313 g/mol. The Bertz CT molecular complexity index is 850. The van der Waals surface area contributed by atoms with Gasteiger partial charge in [0.15, 0.2) is 17.2 Å². The number of carbonyl (C=O) groups excluding carboxylic acids is 1. The number of fused-ring (bicyclic) bond motifs is 1. The lowest BCUT2D eigenvalue weighted by atomic mass is 10.2. The van der Waals surface area contributed by atoms with Gasteiger partial charge in [0.2, 0.25) is 0 Å². The average molecular weight is 313 g/mol. The van der Waals surface area contributed by atoms with Crippen LogP contribution in [-0.4, -0.2) is 34.5 Å². The highest BCUT2D eigenvalue weighted by Gasteiger charge is 2.10. The molecule has 0 fully saturated rings. The molecule has 119 valence electrons. The van der Waals surface area contributed by atoms with Crippen molar-refractivity contribution in [1.29, 1.82) is 0 Å². The Hall–Kier alpha value is -2.96. The summed E-state index contributed by atoms with van der Waals surface area (Å²) in [5.41, 5.74) is 6.36. The van der Waals surface area contributed by atoms with Crippen molar-refractivity contribution < 1.29 is 14.3 Å². The second-order valence-corrected chi connectivity index (χ2v) is 5.02. The van der Waals surface area contributed by atoms with Crippen LogP contribution in [0.2, 0.25) is 0 Å². The number of methoxy groups -OCH3 is 2. The molecule has 1 amide bonds. The molecule has 7 nitrogen and oxygen atoms in total. The molecule has 0 spiro atoms. The SMILES string of the molecule is COc1cc2ccn(CCn3c[c]c(C(N)=O)n3)c2cc1OC. The number of aromatic nitrogens is 3. The fraction of sp³-hybridized carbons (Fsp3) is 0.250. The summed E-state index contributed by atoms with van der Waals surface area (Å²) in [5.74, 6) is 0.806. The van der Waals surface area contributed by atoms with Crippen LogP contribution in [0.5, 0.6) is 11.5 Å². The summed E-state index contributed by atoms with van der Waals surface area (Å²) in [6.07, 6.45) is 3.61. The van der Waals surface area contributed by atoms with Gasteiger partial charge >= 0.3 is 0 Å². The number of benzene rings is 1. The van der Waals surface area contributed by atoms with Crippen LogP contribution < -0.4 is 15.2 Å². The number of nitrogens with zero attached hydrogens (tertiary/aromatic N) is 3. The maximum absolute atomic E-state index is 11.0. The van der Waals surface area contributed by atoms with E-state index >= 15 is 0 Å². The van der Waals surface area contributed by atoms with Gasteiger partial charge in [-0.2, -0.15) is 5.10 Å². The molecular weight excluding hydrogens is 296 g/mol. The quantitative estimate of drug-likeness (QED) is 0.746. The van der Waals surface area contributed by atoms with Crippen molar-refractivity contribution >= 4 is 16.8 Å². The smallest absolute Gasteiger partial charge is 0.269 e. The molecule has 0 bridgehead atoms. The number of hydrogen-bond donors (Lipinski definition) is 1. The first-order chi connectivity index (χ1) is 11.1. The van der Waals surface area contributed by atoms with E-state index in [9.17, 15) is 4.79 Å². The lowest BCUT2D eigenvalue weighted by molar-refractivity contribution is 0.0994. The van der Waals surface area contributed by atoms with Gasteiger partial charge in [0.05, 0.1) is 26.3 Å². The van der Waals surface area contributed by atoms with Crippen LogP contribution in [0, 0.1) is 6.07 Å². The molecule has 7 heteroatoms. The molecular formula is C16H17N4O3. The number of ether oxygens (including phenoxy) is 2. The molecule has 0 saturated heterocycles. The third kappa shape index (κ3) is 2.85. The Morgan fingerprint density at radius 3 is 2.65 bits per heavy atom. The van der Waals surface area contributed by atoms with E-state index in [2.05, 4.69) is 15.7 Å². The Labute approximate surface area is 133 Å². The molecule has 1 aromatic carbocycles. The van der Waals surface area contributed by atoms with Gasteiger partial charge in [-0.3, -0.25) is 9.48 Å². The molecule has 3 rings (SSSR count). The maximum atomic E-state index is 11.0. The van der Waals surface area contributed by atoms with E-state index < -0.39 is 5.91 Å². The highest BCUT2D eigenvalue weighted by molar-refractivity contribution is 5.90. The molecule has 2 N–H and O–H groups in total. The summed E-state index contributed by atoms with van der Waals surface area (Å²) in [6, 6.07) is 8.64. The van der Waals surface area contributed by atoms with Crippen LogP contribution >= 0.6 is 0 Å². The van der Waals surface area contributed by atoms with Crippen molar-refractivity contribution in [2.45, 2.75) is 13.1 Å². The zero-order valence-electron chi connectivity index (χ0n) is 12.9. The minimum Gasteiger partial charge on any atom is -0.493 e. The zero-order chi connectivity index (χ0) is 16.4. The first-order valence-corrected chi connectivity index (χ1v) is 7.08. The molecule has 2 heterocycles. The van der Waals surface area contributed by atoms with Gasteiger partial charge < -0.3 is 19.8 Å². The van der Waals surface area contributed by atoms with Crippen molar-refractivity contribution in [3.8, 4) is 11.5 Å². The van der Waals surface area contributed by atoms with Gasteiger partial charge in [0.1, 0.15) is 0 Å². The highest BCUT2D eigenvalue weighted by atomic mass is 16.5. The number of rotatable bonds is 6. The molecule has 23 heavy (non-hydrogen) atoms. The summed E-state index contributed by atoms with van der Waals surface area (Å²) in [5, 5.41) is 5.14.